The highest BCUT2D eigenvalue weighted by atomic mass is 16.3. The molecule has 3 atom stereocenters. The maximum absolute atomic E-state index is 9.77. The van der Waals surface area contributed by atoms with E-state index < -0.39 is 0 Å². The largest absolute Gasteiger partial charge is 0.454 e. The zero-order valence-electron chi connectivity index (χ0n) is 16.7. The van der Waals surface area contributed by atoms with Gasteiger partial charge in [0.25, 0.3) is 0 Å². The zero-order valence-corrected chi connectivity index (χ0v) is 16.7. The highest BCUT2D eigenvalue weighted by molar-refractivity contribution is 5.84. The molecule has 0 spiro atoms. The highest BCUT2D eigenvalue weighted by Gasteiger charge is 2.31. The van der Waals surface area contributed by atoms with Crippen LogP contribution in [0.5, 0.6) is 0 Å². The molecule has 0 radical (unpaired) electrons. The molecule has 3 heteroatoms. The van der Waals surface area contributed by atoms with Crippen LogP contribution in [-0.4, -0.2) is 11.2 Å². The first-order valence-corrected chi connectivity index (χ1v) is 10.4. The average Bonchev–Trinajstić information content (AvgIpc) is 3.17. The van der Waals surface area contributed by atoms with Gasteiger partial charge in [-0.2, -0.15) is 0 Å². The third-order valence-corrected chi connectivity index (χ3v) is 6.26. The minimum atomic E-state index is -0.184. The Labute approximate surface area is 162 Å². The Morgan fingerprint density at radius 3 is 2.67 bits per heavy atom. The summed E-state index contributed by atoms with van der Waals surface area (Å²) in [6, 6.07) is 0. The van der Waals surface area contributed by atoms with Crippen LogP contribution in [0.3, 0.4) is 0 Å². The van der Waals surface area contributed by atoms with Gasteiger partial charge in [-0.25, -0.2) is 0 Å². The van der Waals surface area contributed by atoms with Gasteiger partial charge in [0.15, 0.2) is 5.76 Å². The fraction of sp³-hybridized carbons (Fsp3) is 0.500. The SMILES string of the molecule is CCCC1=CC(C)Cc2c1oc(C1=CC=C(C3=CCC(O)CC3)C1C)c2N. The van der Waals surface area contributed by atoms with Crippen molar-refractivity contribution in [3.63, 3.8) is 0 Å². The van der Waals surface area contributed by atoms with E-state index in [4.69, 9.17) is 10.2 Å². The molecule has 0 bridgehead atoms. The van der Waals surface area contributed by atoms with Crippen molar-refractivity contribution in [3.8, 4) is 0 Å². The van der Waals surface area contributed by atoms with Crippen molar-refractivity contribution in [1.29, 1.82) is 0 Å². The zero-order chi connectivity index (χ0) is 19.1. The molecule has 3 nitrogen and oxygen atoms in total. The summed E-state index contributed by atoms with van der Waals surface area (Å²) in [4.78, 5) is 0. The summed E-state index contributed by atoms with van der Waals surface area (Å²) in [5, 5.41) is 9.77. The summed E-state index contributed by atoms with van der Waals surface area (Å²) >= 11 is 0. The van der Waals surface area contributed by atoms with E-state index in [-0.39, 0.29) is 12.0 Å². The Morgan fingerprint density at radius 1 is 1.19 bits per heavy atom. The van der Waals surface area contributed by atoms with Gasteiger partial charge in [0.2, 0.25) is 0 Å². The van der Waals surface area contributed by atoms with Crippen LogP contribution in [0.2, 0.25) is 0 Å². The van der Waals surface area contributed by atoms with E-state index in [0.29, 0.717) is 5.92 Å². The molecule has 4 rings (SSSR count). The molecule has 0 saturated carbocycles. The van der Waals surface area contributed by atoms with Crippen LogP contribution < -0.4 is 5.73 Å². The predicted octanol–water partition coefficient (Wildman–Crippen LogP) is 5.67. The molecule has 3 aliphatic carbocycles. The van der Waals surface area contributed by atoms with Crippen molar-refractivity contribution >= 4 is 16.8 Å². The van der Waals surface area contributed by atoms with E-state index in [9.17, 15) is 5.11 Å². The lowest BCUT2D eigenvalue weighted by atomic mass is 9.84. The van der Waals surface area contributed by atoms with Crippen LogP contribution in [0.1, 0.15) is 70.0 Å². The van der Waals surface area contributed by atoms with Gasteiger partial charge in [-0.05, 0) is 54.7 Å². The fourth-order valence-corrected chi connectivity index (χ4v) is 4.80. The number of hydrogen-bond acceptors (Lipinski definition) is 3. The van der Waals surface area contributed by atoms with Gasteiger partial charge in [0.05, 0.1) is 11.8 Å². The van der Waals surface area contributed by atoms with E-state index in [1.807, 2.05) is 0 Å². The minimum Gasteiger partial charge on any atom is -0.454 e. The summed E-state index contributed by atoms with van der Waals surface area (Å²) in [7, 11) is 0. The van der Waals surface area contributed by atoms with Crippen LogP contribution in [0.15, 0.2) is 39.9 Å². The second kappa shape index (κ2) is 7.20. The standard InChI is InChI=1S/C24H31NO2/c1-4-5-17-12-14(2)13-21-22(25)24(27-23(17)21)20-11-10-19(15(20)3)16-6-8-18(26)9-7-16/h6,10-12,14-15,18,26H,4-5,7-9,13,25H2,1-3H3. The van der Waals surface area contributed by atoms with Crippen molar-refractivity contribution in [2.75, 3.05) is 5.73 Å². The molecule has 0 aliphatic heterocycles. The monoisotopic (exact) mass is 365 g/mol. The molecule has 0 amide bonds. The van der Waals surface area contributed by atoms with E-state index in [1.54, 1.807) is 0 Å². The molecule has 0 saturated heterocycles. The molecule has 1 aromatic rings. The molecule has 0 aromatic carbocycles. The third-order valence-electron chi connectivity index (χ3n) is 6.26. The third kappa shape index (κ3) is 3.23. The first kappa shape index (κ1) is 18.4. The Hall–Kier alpha value is -2.00. The molecule has 3 aliphatic rings. The number of furan rings is 1. The predicted molar refractivity (Wildman–Crippen MR) is 112 cm³/mol. The number of nitrogen functional groups attached to an aromatic ring is 1. The Kier molecular flexibility index (Phi) is 4.90. The van der Waals surface area contributed by atoms with Crippen LogP contribution >= 0.6 is 0 Å². The summed E-state index contributed by atoms with van der Waals surface area (Å²) < 4.78 is 6.40. The molecule has 3 unspecified atom stereocenters. The topological polar surface area (TPSA) is 59.4 Å². The number of aliphatic hydroxyl groups is 1. The Morgan fingerprint density at radius 2 is 1.96 bits per heavy atom. The molecule has 144 valence electrons. The van der Waals surface area contributed by atoms with Gasteiger partial charge in [-0.1, -0.05) is 51.5 Å². The molecule has 27 heavy (non-hydrogen) atoms. The van der Waals surface area contributed by atoms with Crippen LogP contribution in [0.4, 0.5) is 5.69 Å². The van der Waals surface area contributed by atoms with E-state index in [0.717, 1.165) is 55.7 Å². The van der Waals surface area contributed by atoms with Crippen LogP contribution in [0, 0.1) is 11.8 Å². The number of fused-ring (bicyclic) bond motifs is 1. The molecule has 0 fully saturated rings. The van der Waals surface area contributed by atoms with E-state index >= 15 is 0 Å². The van der Waals surface area contributed by atoms with Crippen molar-refractivity contribution in [1.82, 2.24) is 0 Å². The number of hydrogen-bond donors (Lipinski definition) is 2. The lowest BCUT2D eigenvalue weighted by molar-refractivity contribution is 0.163. The average molecular weight is 366 g/mol. The molecular weight excluding hydrogens is 334 g/mol. The smallest absolute Gasteiger partial charge is 0.154 e. The lowest BCUT2D eigenvalue weighted by Gasteiger charge is -2.22. The van der Waals surface area contributed by atoms with Crippen molar-refractivity contribution in [2.24, 2.45) is 11.8 Å². The van der Waals surface area contributed by atoms with Gasteiger partial charge >= 0.3 is 0 Å². The van der Waals surface area contributed by atoms with Crippen molar-refractivity contribution in [2.45, 2.75) is 65.4 Å². The second-order valence-electron chi connectivity index (χ2n) is 8.40. The van der Waals surface area contributed by atoms with Gasteiger partial charge in [0.1, 0.15) is 5.76 Å². The van der Waals surface area contributed by atoms with Crippen molar-refractivity contribution < 1.29 is 9.52 Å². The number of nitrogens with two attached hydrogens (primary N) is 1. The Bertz CT molecular complexity index is 865. The summed E-state index contributed by atoms with van der Waals surface area (Å²) in [5.41, 5.74) is 13.8. The van der Waals surface area contributed by atoms with E-state index in [1.165, 1.54) is 27.9 Å². The molecular formula is C24H31NO2. The normalized spacial score (nSPS) is 27.6. The minimum absolute atomic E-state index is 0.184. The number of rotatable bonds is 4. The van der Waals surface area contributed by atoms with Gasteiger partial charge < -0.3 is 15.3 Å². The number of anilines is 1. The maximum atomic E-state index is 9.77. The van der Waals surface area contributed by atoms with Crippen LogP contribution in [-0.2, 0) is 6.42 Å². The molecule has 1 aromatic heterocycles. The summed E-state index contributed by atoms with van der Waals surface area (Å²) in [6.07, 6.45) is 14.4. The Balaban J connectivity index is 1.63. The van der Waals surface area contributed by atoms with Gasteiger partial charge in [-0.15, -0.1) is 0 Å². The quantitative estimate of drug-likeness (QED) is 0.723. The fourth-order valence-electron chi connectivity index (χ4n) is 4.80. The first-order chi connectivity index (χ1) is 13.0. The summed E-state index contributed by atoms with van der Waals surface area (Å²) in [5.74, 6) is 2.67. The lowest BCUT2D eigenvalue weighted by Crippen LogP contribution is -2.13. The summed E-state index contributed by atoms with van der Waals surface area (Å²) in [6.45, 7) is 6.70. The molecule has 1 heterocycles. The number of allylic oxidation sites excluding steroid dienone is 7. The maximum Gasteiger partial charge on any atom is 0.154 e. The van der Waals surface area contributed by atoms with Gasteiger partial charge in [0, 0.05) is 17.1 Å². The van der Waals surface area contributed by atoms with Crippen LogP contribution in [0.25, 0.3) is 11.1 Å². The van der Waals surface area contributed by atoms with Crippen molar-refractivity contribution in [3.05, 3.63) is 52.5 Å². The molecule has 3 N–H and O–H groups in total. The first-order valence-electron chi connectivity index (χ1n) is 10.4. The van der Waals surface area contributed by atoms with Gasteiger partial charge in [-0.3, -0.25) is 0 Å². The van der Waals surface area contributed by atoms with E-state index in [2.05, 4.69) is 45.1 Å². The highest BCUT2D eigenvalue weighted by Crippen LogP contribution is 2.46. The number of aliphatic hydroxyl groups excluding tert-OH is 1. The second-order valence-corrected chi connectivity index (χ2v) is 8.40.